The lowest BCUT2D eigenvalue weighted by atomic mass is 10.3. The van der Waals surface area contributed by atoms with Crippen LogP contribution in [0.4, 0.5) is 0 Å². The molecule has 0 radical (unpaired) electrons. The number of piperazine rings is 1. The molecule has 5 nitrogen and oxygen atoms in total. The number of nitrogens with one attached hydrogen (secondary N) is 1. The molecule has 1 amide bonds. The molecule has 1 N–H and O–H groups in total. The van der Waals surface area contributed by atoms with E-state index in [9.17, 15) is 4.79 Å². The van der Waals surface area contributed by atoms with Crippen LogP contribution in [0.15, 0.2) is 18.2 Å². The van der Waals surface area contributed by atoms with Gasteiger partial charge in [0.05, 0.1) is 24.1 Å². The lowest BCUT2D eigenvalue weighted by Crippen LogP contribution is -2.47. The summed E-state index contributed by atoms with van der Waals surface area (Å²) in [7, 11) is 1.99. The van der Waals surface area contributed by atoms with Gasteiger partial charge < -0.3 is 9.88 Å². The number of imidazole rings is 1. The summed E-state index contributed by atoms with van der Waals surface area (Å²) in [5.41, 5.74) is 1.95. The monoisotopic (exact) mass is 278 g/mol. The zero-order valence-electron chi connectivity index (χ0n) is 10.7. The molecule has 0 aliphatic carbocycles. The summed E-state index contributed by atoms with van der Waals surface area (Å²) in [6.07, 6.45) is 0. The minimum atomic E-state index is 0.0769. The van der Waals surface area contributed by atoms with Crippen LogP contribution in [0.1, 0.15) is 5.82 Å². The summed E-state index contributed by atoms with van der Waals surface area (Å²) in [6, 6.07) is 5.70. The van der Waals surface area contributed by atoms with E-state index in [0.29, 0.717) is 24.7 Å². The van der Waals surface area contributed by atoms with Crippen LogP contribution >= 0.6 is 11.6 Å². The molecule has 1 aliphatic heterocycles. The fraction of sp³-hybridized carbons (Fsp3) is 0.385. The lowest BCUT2D eigenvalue weighted by molar-refractivity contribution is -0.124. The quantitative estimate of drug-likeness (QED) is 0.897. The summed E-state index contributed by atoms with van der Waals surface area (Å²) in [6.45, 7) is 2.67. The molecule has 0 spiro atoms. The van der Waals surface area contributed by atoms with Gasteiger partial charge in [-0.25, -0.2) is 4.98 Å². The van der Waals surface area contributed by atoms with E-state index in [-0.39, 0.29) is 5.91 Å². The number of rotatable bonds is 2. The van der Waals surface area contributed by atoms with Crippen molar-refractivity contribution in [3.05, 3.63) is 29.0 Å². The molecule has 1 aromatic heterocycles. The molecule has 1 fully saturated rings. The van der Waals surface area contributed by atoms with Crippen LogP contribution < -0.4 is 5.32 Å². The van der Waals surface area contributed by atoms with Crippen LogP contribution in [0.25, 0.3) is 11.0 Å². The Morgan fingerprint density at radius 3 is 3.11 bits per heavy atom. The van der Waals surface area contributed by atoms with E-state index in [0.717, 1.165) is 23.4 Å². The number of benzene rings is 1. The SMILES string of the molecule is Cn1c(CN2CCNC(=O)C2)nc2cc(Cl)ccc21. The van der Waals surface area contributed by atoms with Crippen LogP contribution in [0.5, 0.6) is 0 Å². The molecule has 2 aromatic rings. The Kier molecular flexibility index (Phi) is 3.16. The smallest absolute Gasteiger partial charge is 0.234 e. The van der Waals surface area contributed by atoms with Crippen molar-refractivity contribution >= 4 is 28.5 Å². The van der Waals surface area contributed by atoms with Crippen LogP contribution in [0.2, 0.25) is 5.02 Å². The molecule has 1 aliphatic rings. The first kappa shape index (κ1) is 12.4. The third-order valence-corrected chi connectivity index (χ3v) is 3.65. The highest BCUT2D eigenvalue weighted by atomic mass is 35.5. The summed E-state index contributed by atoms with van der Waals surface area (Å²) in [4.78, 5) is 18.1. The molecule has 100 valence electrons. The van der Waals surface area contributed by atoms with Gasteiger partial charge in [0.1, 0.15) is 5.82 Å². The minimum absolute atomic E-state index is 0.0769. The number of fused-ring (bicyclic) bond motifs is 1. The van der Waals surface area contributed by atoms with Gasteiger partial charge >= 0.3 is 0 Å². The maximum Gasteiger partial charge on any atom is 0.234 e. The predicted octanol–water partition coefficient (Wildman–Crippen LogP) is 1.16. The van der Waals surface area contributed by atoms with E-state index in [1.165, 1.54) is 0 Å². The van der Waals surface area contributed by atoms with E-state index in [4.69, 9.17) is 11.6 Å². The fourth-order valence-corrected chi connectivity index (χ4v) is 2.56. The van der Waals surface area contributed by atoms with Crippen LogP contribution in [-0.2, 0) is 18.4 Å². The van der Waals surface area contributed by atoms with Crippen LogP contribution in [0.3, 0.4) is 0 Å². The average Bonchev–Trinajstić information content (AvgIpc) is 2.66. The van der Waals surface area contributed by atoms with Gasteiger partial charge in [-0.15, -0.1) is 0 Å². The molecule has 0 bridgehead atoms. The second kappa shape index (κ2) is 4.83. The van der Waals surface area contributed by atoms with Gasteiger partial charge in [0, 0.05) is 25.2 Å². The highest BCUT2D eigenvalue weighted by molar-refractivity contribution is 6.31. The van der Waals surface area contributed by atoms with Crippen molar-refractivity contribution < 1.29 is 4.79 Å². The second-order valence-corrected chi connectivity index (χ2v) is 5.22. The molecule has 6 heteroatoms. The molecule has 0 atom stereocenters. The standard InChI is InChI=1S/C13H15ClN4O/c1-17-11-3-2-9(14)6-10(11)16-12(17)7-18-5-4-15-13(19)8-18/h2-3,6H,4-5,7-8H2,1H3,(H,15,19). The van der Waals surface area contributed by atoms with Crippen molar-refractivity contribution in [1.29, 1.82) is 0 Å². The van der Waals surface area contributed by atoms with Gasteiger partial charge in [0.15, 0.2) is 0 Å². The van der Waals surface area contributed by atoms with Gasteiger partial charge in [-0.1, -0.05) is 11.6 Å². The third-order valence-electron chi connectivity index (χ3n) is 3.42. The maximum atomic E-state index is 11.4. The first-order valence-corrected chi connectivity index (χ1v) is 6.61. The van der Waals surface area contributed by atoms with Crippen molar-refractivity contribution in [3.63, 3.8) is 0 Å². The van der Waals surface area contributed by atoms with Crippen LogP contribution in [0, 0.1) is 0 Å². The molecule has 0 unspecified atom stereocenters. The summed E-state index contributed by atoms with van der Waals surface area (Å²) in [5, 5.41) is 3.51. The normalized spacial score (nSPS) is 16.8. The number of hydrogen-bond acceptors (Lipinski definition) is 3. The van der Waals surface area contributed by atoms with E-state index in [1.54, 1.807) is 0 Å². The second-order valence-electron chi connectivity index (χ2n) is 4.78. The number of hydrogen-bond donors (Lipinski definition) is 1. The zero-order valence-corrected chi connectivity index (χ0v) is 11.4. The van der Waals surface area contributed by atoms with E-state index in [1.807, 2.05) is 25.2 Å². The summed E-state index contributed by atoms with van der Waals surface area (Å²) in [5.74, 6) is 1.03. The highest BCUT2D eigenvalue weighted by Gasteiger charge is 2.18. The van der Waals surface area contributed by atoms with Crippen molar-refractivity contribution in [3.8, 4) is 0 Å². The minimum Gasteiger partial charge on any atom is -0.354 e. The van der Waals surface area contributed by atoms with Gasteiger partial charge in [-0.2, -0.15) is 0 Å². The fourth-order valence-electron chi connectivity index (χ4n) is 2.39. The molecule has 19 heavy (non-hydrogen) atoms. The number of carbonyl (C=O) groups excluding carboxylic acids is 1. The van der Waals surface area contributed by atoms with Crippen molar-refractivity contribution in [2.24, 2.45) is 7.05 Å². The van der Waals surface area contributed by atoms with E-state index >= 15 is 0 Å². The first-order valence-electron chi connectivity index (χ1n) is 6.23. The zero-order chi connectivity index (χ0) is 13.4. The Labute approximate surface area is 116 Å². The molecule has 3 rings (SSSR count). The largest absolute Gasteiger partial charge is 0.354 e. The number of halogens is 1. The van der Waals surface area contributed by atoms with Crippen LogP contribution in [-0.4, -0.2) is 40.0 Å². The highest BCUT2D eigenvalue weighted by Crippen LogP contribution is 2.20. The number of carbonyl (C=O) groups is 1. The summed E-state index contributed by atoms with van der Waals surface area (Å²) < 4.78 is 2.05. The Balaban J connectivity index is 1.88. The van der Waals surface area contributed by atoms with Gasteiger partial charge in [-0.3, -0.25) is 9.69 Å². The lowest BCUT2D eigenvalue weighted by Gasteiger charge is -2.25. The van der Waals surface area contributed by atoms with E-state index in [2.05, 4.69) is 19.8 Å². The topological polar surface area (TPSA) is 50.2 Å². The van der Waals surface area contributed by atoms with Crippen molar-refractivity contribution in [2.75, 3.05) is 19.6 Å². The summed E-state index contributed by atoms with van der Waals surface area (Å²) >= 11 is 5.98. The van der Waals surface area contributed by atoms with Gasteiger partial charge in [-0.05, 0) is 18.2 Å². The molecule has 0 saturated carbocycles. The molecule has 1 aromatic carbocycles. The Hall–Kier alpha value is -1.59. The average molecular weight is 279 g/mol. The first-order chi connectivity index (χ1) is 9.13. The van der Waals surface area contributed by atoms with Gasteiger partial charge in [0.2, 0.25) is 5.91 Å². The molecular formula is C13H15ClN4O. The Bertz CT molecular complexity index is 637. The Morgan fingerprint density at radius 1 is 1.47 bits per heavy atom. The van der Waals surface area contributed by atoms with Crippen molar-refractivity contribution in [1.82, 2.24) is 19.8 Å². The Morgan fingerprint density at radius 2 is 2.32 bits per heavy atom. The van der Waals surface area contributed by atoms with E-state index < -0.39 is 0 Å². The number of nitrogens with zero attached hydrogens (tertiary/aromatic N) is 3. The number of aromatic nitrogens is 2. The van der Waals surface area contributed by atoms with Crippen molar-refractivity contribution in [2.45, 2.75) is 6.54 Å². The molecule has 2 heterocycles. The predicted molar refractivity (Wildman–Crippen MR) is 74.0 cm³/mol. The van der Waals surface area contributed by atoms with Gasteiger partial charge in [0.25, 0.3) is 0 Å². The molecule has 1 saturated heterocycles. The number of aryl methyl sites for hydroxylation is 1. The number of amides is 1. The molecular weight excluding hydrogens is 264 g/mol. The maximum absolute atomic E-state index is 11.4. The third kappa shape index (κ3) is 2.43.